The van der Waals surface area contributed by atoms with E-state index in [9.17, 15) is 75.0 Å². The third-order valence-electron chi connectivity index (χ3n) is 7.57. The minimum Gasteiger partial charge on any atom is -0.504 e. The summed E-state index contributed by atoms with van der Waals surface area (Å²) in [4.78, 5) is 63.5. The molecule has 0 spiro atoms. The Hall–Kier alpha value is -5.57. The Kier molecular flexibility index (Phi) is 10.0. The molecule has 2 heterocycles. The monoisotopic (exact) mass is 684 g/mol. The number of aliphatic hydroxyl groups is 3. The second-order valence-corrected chi connectivity index (χ2v) is 10.5. The molecule has 2 aliphatic rings. The Morgan fingerprint density at radius 2 is 1.48 bits per heavy atom. The molecule has 10 N–H and O–H groups in total. The second kappa shape index (κ2) is 13.7. The number of hydrogen-bond acceptors (Lipinski definition) is 19. The standard InChI is InChI=1S/C28H28O20/c1-44-27(43)23-16(15-8(25(41)47-23)4-12(32)18(36)19(15)37)9(5-14(33)34)26(42)46-22-13(6-29)45-28(21(39)20(22)38)48-24(40)7-2-10(30)17(35)11(31)3-7/h2-4,9,13,16,20-23,28-32,35-39H,5-6H2,1H3,(H,33,34)/t9-,13+,16-,20+,21+,22?,23-,28-/m0/s1. The highest BCUT2D eigenvalue weighted by Gasteiger charge is 2.53. The molecule has 20 heteroatoms. The number of aliphatic carboxylic acids is 1. The molecular weight excluding hydrogens is 656 g/mol. The van der Waals surface area contributed by atoms with Crippen LogP contribution in [0.5, 0.6) is 34.5 Å². The van der Waals surface area contributed by atoms with Gasteiger partial charge in [0.15, 0.2) is 34.9 Å². The number of carbonyl (C=O) groups is 5. The number of ether oxygens (including phenoxy) is 5. The van der Waals surface area contributed by atoms with Crippen LogP contribution in [0.1, 0.15) is 38.6 Å². The van der Waals surface area contributed by atoms with E-state index in [4.69, 9.17) is 18.9 Å². The predicted octanol–water partition coefficient (Wildman–Crippen LogP) is -1.99. The lowest BCUT2D eigenvalue weighted by Crippen LogP contribution is -2.61. The topological polar surface area (TPSA) is 334 Å². The molecule has 2 aromatic carbocycles. The highest BCUT2D eigenvalue weighted by Crippen LogP contribution is 2.50. The van der Waals surface area contributed by atoms with Crippen LogP contribution in [0, 0.1) is 5.92 Å². The van der Waals surface area contributed by atoms with Gasteiger partial charge in [0, 0.05) is 5.56 Å². The van der Waals surface area contributed by atoms with Gasteiger partial charge in [0.2, 0.25) is 18.1 Å². The van der Waals surface area contributed by atoms with Crippen LogP contribution in [0.3, 0.4) is 0 Å². The number of cyclic esters (lactones) is 1. The fraction of sp³-hybridized carbons (Fsp3) is 0.393. The summed E-state index contributed by atoms with van der Waals surface area (Å²) in [6.45, 7) is -1.09. The molecule has 20 nitrogen and oxygen atoms in total. The first-order valence-corrected chi connectivity index (χ1v) is 13.6. The van der Waals surface area contributed by atoms with Crippen LogP contribution >= 0.6 is 0 Å². The van der Waals surface area contributed by atoms with E-state index in [0.29, 0.717) is 18.2 Å². The quantitative estimate of drug-likeness (QED) is 0.0776. The first-order chi connectivity index (χ1) is 22.5. The van der Waals surface area contributed by atoms with Gasteiger partial charge in [-0.15, -0.1) is 0 Å². The van der Waals surface area contributed by atoms with E-state index < -0.39 is 143 Å². The van der Waals surface area contributed by atoms with Crippen LogP contribution in [0.15, 0.2) is 18.2 Å². The van der Waals surface area contributed by atoms with E-state index in [2.05, 4.69) is 4.74 Å². The van der Waals surface area contributed by atoms with E-state index in [1.54, 1.807) is 0 Å². The van der Waals surface area contributed by atoms with Crippen molar-refractivity contribution in [1.29, 1.82) is 0 Å². The molecule has 0 radical (unpaired) electrons. The molecule has 1 unspecified atom stereocenters. The molecule has 2 aliphatic heterocycles. The van der Waals surface area contributed by atoms with Crippen molar-refractivity contribution < 1.29 is 98.7 Å². The molecule has 48 heavy (non-hydrogen) atoms. The Morgan fingerprint density at radius 1 is 0.875 bits per heavy atom. The van der Waals surface area contributed by atoms with E-state index >= 15 is 0 Å². The summed E-state index contributed by atoms with van der Waals surface area (Å²) in [6.07, 6.45) is -13.8. The summed E-state index contributed by atoms with van der Waals surface area (Å²) < 4.78 is 25.2. The van der Waals surface area contributed by atoms with E-state index in [0.717, 1.165) is 7.11 Å². The molecule has 260 valence electrons. The number of rotatable bonds is 9. The molecule has 4 rings (SSSR count). The van der Waals surface area contributed by atoms with Gasteiger partial charge in [-0.2, -0.15) is 0 Å². The molecule has 1 saturated heterocycles. The number of methoxy groups -OCH3 is 1. The molecule has 0 aromatic heterocycles. The van der Waals surface area contributed by atoms with Gasteiger partial charge in [0.25, 0.3) is 0 Å². The second-order valence-electron chi connectivity index (χ2n) is 10.5. The number of benzene rings is 2. The maximum atomic E-state index is 13.7. The minimum atomic E-state index is -2.24. The summed E-state index contributed by atoms with van der Waals surface area (Å²) in [5.41, 5.74) is -1.95. The van der Waals surface area contributed by atoms with Crippen molar-refractivity contribution in [2.45, 2.75) is 49.1 Å². The summed E-state index contributed by atoms with van der Waals surface area (Å²) in [5, 5.41) is 101. The van der Waals surface area contributed by atoms with E-state index in [1.165, 1.54) is 0 Å². The molecule has 0 amide bonds. The fourth-order valence-electron chi connectivity index (χ4n) is 5.25. The van der Waals surface area contributed by atoms with Crippen LogP contribution in [0.4, 0.5) is 0 Å². The van der Waals surface area contributed by atoms with Crippen molar-refractivity contribution in [1.82, 2.24) is 0 Å². The lowest BCUT2D eigenvalue weighted by molar-refractivity contribution is -0.289. The number of phenols is 6. The first kappa shape index (κ1) is 35.3. The third-order valence-corrected chi connectivity index (χ3v) is 7.57. The molecule has 8 atom stereocenters. The SMILES string of the molecule is COC(=O)[C@H]1OC(=O)c2cc(O)c(O)c(O)c2[C@@H]1[C@H](CC(=O)O)C(=O)OC1[C@@H](CO)O[C@@H](OC(=O)c2cc(O)c(O)c(O)c2)[C@H](O)[C@H]1O. The van der Waals surface area contributed by atoms with Gasteiger partial charge in [-0.25, -0.2) is 14.4 Å². The number of fused-ring (bicyclic) bond motifs is 1. The maximum Gasteiger partial charge on any atom is 0.347 e. The van der Waals surface area contributed by atoms with Crippen LogP contribution in [-0.4, -0.2) is 131 Å². The van der Waals surface area contributed by atoms with Crippen molar-refractivity contribution in [3.05, 3.63) is 34.9 Å². The minimum absolute atomic E-state index is 0.560. The van der Waals surface area contributed by atoms with Crippen LogP contribution in [0.25, 0.3) is 0 Å². The van der Waals surface area contributed by atoms with Crippen LogP contribution in [0.2, 0.25) is 0 Å². The number of hydrogen-bond donors (Lipinski definition) is 10. The highest BCUT2D eigenvalue weighted by molar-refractivity contribution is 5.98. The molecular formula is C28H28O20. The van der Waals surface area contributed by atoms with Crippen molar-refractivity contribution in [3.8, 4) is 34.5 Å². The van der Waals surface area contributed by atoms with Crippen molar-refractivity contribution in [3.63, 3.8) is 0 Å². The zero-order chi connectivity index (χ0) is 35.8. The third kappa shape index (κ3) is 6.49. The van der Waals surface area contributed by atoms with Gasteiger partial charge in [-0.1, -0.05) is 0 Å². The number of carboxylic acids is 1. The van der Waals surface area contributed by atoms with Gasteiger partial charge in [-0.3, -0.25) is 9.59 Å². The molecule has 2 aromatic rings. The lowest BCUT2D eigenvalue weighted by atomic mass is 9.75. The summed E-state index contributed by atoms with van der Waals surface area (Å²) >= 11 is 0. The number of phenolic OH excluding ortho intramolecular Hbond substituents is 6. The molecule has 0 bridgehead atoms. The highest BCUT2D eigenvalue weighted by atomic mass is 16.7. The first-order valence-electron chi connectivity index (χ1n) is 13.6. The Balaban J connectivity index is 1.66. The number of aromatic hydroxyl groups is 6. The van der Waals surface area contributed by atoms with Gasteiger partial charge in [0.1, 0.15) is 18.3 Å². The van der Waals surface area contributed by atoms with Crippen molar-refractivity contribution in [2.24, 2.45) is 5.92 Å². The molecule has 1 fully saturated rings. The summed E-state index contributed by atoms with van der Waals surface area (Å²) in [7, 11) is 0.848. The zero-order valence-corrected chi connectivity index (χ0v) is 24.3. The lowest BCUT2D eigenvalue weighted by Gasteiger charge is -2.42. The van der Waals surface area contributed by atoms with E-state index in [-0.39, 0.29) is 0 Å². The number of carbonyl (C=O) groups excluding carboxylic acids is 4. The smallest absolute Gasteiger partial charge is 0.347 e. The zero-order valence-electron chi connectivity index (χ0n) is 24.3. The van der Waals surface area contributed by atoms with Gasteiger partial charge >= 0.3 is 29.8 Å². The van der Waals surface area contributed by atoms with Gasteiger partial charge < -0.3 is 74.7 Å². The van der Waals surface area contributed by atoms with Crippen molar-refractivity contribution in [2.75, 3.05) is 13.7 Å². The van der Waals surface area contributed by atoms with E-state index in [1.807, 2.05) is 0 Å². The van der Waals surface area contributed by atoms with Gasteiger partial charge in [-0.05, 0) is 18.2 Å². The summed E-state index contributed by atoms with van der Waals surface area (Å²) in [5.74, 6) is -17.7. The average molecular weight is 685 g/mol. The Morgan fingerprint density at radius 3 is 2.04 bits per heavy atom. The Bertz CT molecular complexity index is 1610. The number of esters is 4. The largest absolute Gasteiger partial charge is 0.504 e. The van der Waals surface area contributed by atoms with Crippen LogP contribution < -0.4 is 0 Å². The summed E-state index contributed by atoms with van der Waals surface area (Å²) in [6, 6.07) is 1.98. The molecule has 0 aliphatic carbocycles. The maximum absolute atomic E-state index is 13.7. The number of aliphatic hydroxyl groups excluding tert-OH is 3. The number of carboxylic acid groups (broad SMARTS) is 1. The Labute approximate surface area is 267 Å². The van der Waals surface area contributed by atoms with Gasteiger partial charge in [0.05, 0.1) is 43.1 Å². The van der Waals surface area contributed by atoms with Crippen LogP contribution in [-0.2, 0) is 38.1 Å². The fourth-order valence-corrected chi connectivity index (χ4v) is 5.25. The van der Waals surface area contributed by atoms with Crippen molar-refractivity contribution >= 4 is 29.8 Å². The predicted molar refractivity (Wildman–Crippen MR) is 146 cm³/mol. The normalized spacial score (nSPS) is 25.6. The average Bonchev–Trinajstić information content (AvgIpc) is 3.04. The molecule has 0 saturated carbocycles.